The van der Waals surface area contributed by atoms with Gasteiger partial charge in [0.05, 0.1) is 15.8 Å². The van der Waals surface area contributed by atoms with Crippen LogP contribution < -0.4 is 0 Å². The van der Waals surface area contributed by atoms with Crippen molar-refractivity contribution in [3.05, 3.63) is 68.7 Å². The Bertz CT molecular complexity index is 1060. The van der Waals surface area contributed by atoms with E-state index in [1.54, 1.807) is 22.5 Å². The van der Waals surface area contributed by atoms with Gasteiger partial charge in [-0.1, -0.05) is 53.9 Å². The maximum atomic E-state index is 13.3. The van der Waals surface area contributed by atoms with Gasteiger partial charge in [-0.15, -0.1) is 0 Å². The van der Waals surface area contributed by atoms with Gasteiger partial charge in [0.15, 0.2) is 0 Å². The van der Waals surface area contributed by atoms with E-state index in [2.05, 4.69) is 18.2 Å². The summed E-state index contributed by atoms with van der Waals surface area (Å²) in [4.78, 5) is 0. The van der Waals surface area contributed by atoms with Crippen LogP contribution in [-0.4, -0.2) is 19.3 Å². The summed E-state index contributed by atoms with van der Waals surface area (Å²) in [6.07, 6.45) is 7.24. The number of fused-ring (bicyclic) bond motifs is 1. The molecule has 1 saturated carbocycles. The minimum atomic E-state index is -3.44. The van der Waals surface area contributed by atoms with E-state index in [9.17, 15) is 8.42 Å². The highest BCUT2D eigenvalue weighted by molar-refractivity contribution is 7.88. The third-order valence-electron chi connectivity index (χ3n) is 7.26. The van der Waals surface area contributed by atoms with Crippen LogP contribution in [0.15, 0.2) is 36.4 Å². The minimum Gasteiger partial charge on any atom is -0.212 e. The van der Waals surface area contributed by atoms with E-state index in [4.69, 9.17) is 23.2 Å². The molecule has 0 amide bonds. The Hall–Kier alpha value is -1.07. The smallest absolute Gasteiger partial charge is 0.212 e. The van der Waals surface area contributed by atoms with E-state index in [1.165, 1.54) is 48.8 Å². The van der Waals surface area contributed by atoms with E-state index < -0.39 is 10.0 Å². The molecular weight excluding hydrogens is 425 g/mol. The standard InChI is InChI=1S/C23H25Cl2NO2S/c24-20-6-5-16(13-21(20)25)15-29(27,28)26-12-8-17-7-11-23(9-2-10-23)19-4-1-3-18(14-26)22(17)19/h1,3-6,13,17H,2,7-12,14-15H2. The third kappa shape index (κ3) is 3.42. The van der Waals surface area contributed by atoms with Gasteiger partial charge in [0, 0.05) is 13.1 Å². The van der Waals surface area contributed by atoms with Gasteiger partial charge in [-0.3, -0.25) is 0 Å². The van der Waals surface area contributed by atoms with Crippen LogP contribution in [0.25, 0.3) is 0 Å². The molecule has 1 spiro atoms. The molecule has 2 aromatic carbocycles. The van der Waals surface area contributed by atoms with Gasteiger partial charge in [-0.25, -0.2) is 8.42 Å². The lowest BCUT2D eigenvalue weighted by atomic mass is 9.56. The second kappa shape index (κ2) is 7.26. The Morgan fingerprint density at radius 1 is 1.03 bits per heavy atom. The molecule has 6 heteroatoms. The highest BCUT2D eigenvalue weighted by Gasteiger charge is 2.45. The van der Waals surface area contributed by atoms with Crippen molar-refractivity contribution < 1.29 is 8.42 Å². The van der Waals surface area contributed by atoms with Crippen LogP contribution in [0.1, 0.15) is 66.7 Å². The van der Waals surface area contributed by atoms with Gasteiger partial charge in [-0.2, -0.15) is 4.31 Å². The molecular formula is C23H25Cl2NO2S. The summed E-state index contributed by atoms with van der Waals surface area (Å²) in [7, 11) is -3.44. The third-order valence-corrected chi connectivity index (χ3v) is 9.79. The topological polar surface area (TPSA) is 37.4 Å². The van der Waals surface area contributed by atoms with Crippen molar-refractivity contribution in [3.63, 3.8) is 0 Å². The molecule has 0 aromatic heterocycles. The van der Waals surface area contributed by atoms with E-state index in [0.717, 1.165) is 6.42 Å². The molecule has 1 atom stereocenters. The molecule has 3 nitrogen and oxygen atoms in total. The van der Waals surface area contributed by atoms with Crippen LogP contribution in [0.2, 0.25) is 10.0 Å². The monoisotopic (exact) mass is 449 g/mol. The second-order valence-electron chi connectivity index (χ2n) is 8.87. The summed E-state index contributed by atoms with van der Waals surface area (Å²) < 4.78 is 28.2. The molecule has 2 aliphatic carbocycles. The molecule has 3 aliphatic rings. The zero-order valence-corrected chi connectivity index (χ0v) is 18.7. The van der Waals surface area contributed by atoms with Crippen LogP contribution in [0.4, 0.5) is 0 Å². The first-order valence-corrected chi connectivity index (χ1v) is 12.8. The predicted molar refractivity (Wildman–Crippen MR) is 118 cm³/mol. The SMILES string of the molecule is O=S(=O)(Cc1ccc(Cl)c(Cl)c1)N1CCC2CCC3(CCC3)c3cccc(c32)C1. The van der Waals surface area contributed by atoms with Crippen LogP contribution in [-0.2, 0) is 27.7 Å². The van der Waals surface area contributed by atoms with Crippen molar-refractivity contribution in [2.75, 3.05) is 6.54 Å². The van der Waals surface area contributed by atoms with Gasteiger partial charge < -0.3 is 0 Å². The summed E-state index contributed by atoms with van der Waals surface area (Å²) in [5.74, 6) is 0.436. The Kier molecular flexibility index (Phi) is 4.98. The summed E-state index contributed by atoms with van der Waals surface area (Å²) in [5, 5.41) is 0.831. The first kappa shape index (κ1) is 19.9. The predicted octanol–water partition coefficient (Wildman–Crippen LogP) is 6.03. The maximum absolute atomic E-state index is 13.3. The molecule has 0 bridgehead atoms. The first-order valence-electron chi connectivity index (χ1n) is 10.4. The summed E-state index contributed by atoms with van der Waals surface area (Å²) in [5.41, 5.74) is 5.23. The van der Waals surface area contributed by atoms with Crippen molar-refractivity contribution >= 4 is 33.2 Å². The van der Waals surface area contributed by atoms with Gasteiger partial charge in [0.25, 0.3) is 0 Å². The van der Waals surface area contributed by atoms with Gasteiger partial charge in [0.1, 0.15) is 0 Å². The highest BCUT2D eigenvalue weighted by atomic mass is 35.5. The number of hydrogen-bond donors (Lipinski definition) is 0. The molecule has 1 unspecified atom stereocenters. The fourth-order valence-corrected chi connectivity index (χ4v) is 7.40. The largest absolute Gasteiger partial charge is 0.218 e. The van der Waals surface area contributed by atoms with Crippen LogP contribution in [0.3, 0.4) is 0 Å². The van der Waals surface area contributed by atoms with Gasteiger partial charge >= 0.3 is 0 Å². The number of rotatable bonds is 3. The Morgan fingerprint density at radius 2 is 1.86 bits per heavy atom. The summed E-state index contributed by atoms with van der Waals surface area (Å²) in [6, 6.07) is 11.6. The molecule has 0 saturated heterocycles. The zero-order chi connectivity index (χ0) is 20.2. The number of benzene rings is 2. The van der Waals surface area contributed by atoms with E-state index in [-0.39, 0.29) is 5.75 Å². The summed E-state index contributed by atoms with van der Waals surface area (Å²) >= 11 is 12.1. The lowest BCUT2D eigenvalue weighted by Crippen LogP contribution is -2.39. The number of nitrogens with zero attached hydrogens (tertiary/aromatic N) is 1. The molecule has 0 radical (unpaired) electrons. The first-order chi connectivity index (χ1) is 13.9. The van der Waals surface area contributed by atoms with Crippen LogP contribution in [0, 0.1) is 0 Å². The normalized spacial score (nSPS) is 23.3. The molecule has 1 aliphatic heterocycles. The Balaban J connectivity index is 1.46. The van der Waals surface area contributed by atoms with Crippen LogP contribution in [0.5, 0.6) is 0 Å². The molecule has 29 heavy (non-hydrogen) atoms. The maximum Gasteiger partial charge on any atom is 0.218 e. The molecule has 1 fully saturated rings. The minimum absolute atomic E-state index is 0.0481. The molecule has 0 N–H and O–H groups in total. The van der Waals surface area contributed by atoms with Crippen molar-refractivity contribution in [3.8, 4) is 0 Å². The lowest BCUT2D eigenvalue weighted by molar-refractivity contribution is 0.196. The number of sulfonamides is 1. The van der Waals surface area contributed by atoms with Gasteiger partial charge in [-0.05, 0) is 77.8 Å². The van der Waals surface area contributed by atoms with Crippen molar-refractivity contribution in [1.29, 1.82) is 0 Å². The molecule has 5 rings (SSSR count). The molecule has 2 aromatic rings. The quantitative estimate of drug-likeness (QED) is 0.573. The van der Waals surface area contributed by atoms with Crippen molar-refractivity contribution in [1.82, 2.24) is 4.31 Å². The highest BCUT2D eigenvalue weighted by Crippen LogP contribution is 2.55. The fourth-order valence-electron chi connectivity index (χ4n) is 5.57. The van der Waals surface area contributed by atoms with E-state index >= 15 is 0 Å². The Morgan fingerprint density at radius 3 is 2.59 bits per heavy atom. The van der Waals surface area contributed by atoms with Crippen molar-refractivity contribution in [2.24, 2.45) is 0 Å². The average molecular weight is 450 g/mol. The van der Waals surface area contributed by atoms with Gasteiger partial charge in [0.2, 0.25) is 10.0 Å². The van der Waals surface area contributed by atoms with Crippen LogP contribution >= 0.6 is 23.2 Å². The second-order valence-corrected chi connectivity index (χ2v) is 11.7. The van der Waals surface area contributed by atoms with Crippen molar-refractivity contribution in [2.45, 2.75) is 62.2 Å². The molecule has 154 valence electrons. The Labute approximate surface area is 183 Å². The summed E-state index contributed by atoms with van der Waals surface area (Å²) in [6.45, 7) is 1.05. The zero-order valence-electron chi connectivity index (χ0n) is 16.3. The average Bonchev–Trinajstić information content (AvgIpc) is 2.85. The molecule has 1 heterocycles. The number of hydrogen-bond acceptors (Lipinski definition) is 2. The lowest BCUT2D eigenvalue weighted by Gasteiger charge is -2.48. The van der Waals surface area contributed by atoms with E-state index in [0.29, 0.717) is 40.0 Å². The number of halogens is 2. The van der Waals surface area contributed by atoms with E-state index in [1.807, 2.05) is 0 Å². The fraction of sp³-hybridized carbons (Fsp3) is 0.478.